The third kappa shape index (κ3) is 4.04. The van der Waals surface area contributed by atoms with Gasteiger partial charge in [-0.1, -0.05) is 47.5 Å². The predicted octanol–water partition coefficient (Wildman–Crippen LogP) is 4.95. The molecule has 146 valence electrons. The molecule has 2 aromatic carbocycles. The second kappa shape index (κ2) is 7.67. The number of alkyl halides is 3. The summed E-state index contributed by atoms with van der Waals surface area (Å²) >= 11 is 6.05. The Balaban J connectivity index is 2.21. The van der Waals surface area contributed by atoms with Gasteiger partial charge in [-0.25, -0.2) is 0 Å². The number of halogens is 4. The van der Waals surface area contributed by atoms with Gasteiger partial charge in [-0.15, -0.1) is 0 Å². The fourth-order valence-corrected chi connectivity index (χ4v) is 3.20. The van der Waals surface area contributed by atoms with Crippen LogP contribution in [0.5, 0.6) is 5.75 Å². The summed E-state index contributed by atoms with van der Waals surface area (Å²) in [7, 11) is 1.33. The molecule has 4 nitrogen and oxygen atoms in total. The smallest absolute Gasteiger partial charge is 0.417 e. The van der Waals surface area contributed by atoms with Gasteiger partial charge in [0.05, 0.1) is 23.9 Å². The molecule has 28 heavy (non-hydrogen) atoms. The van der Waals surface area contributed by atoms with Gasteiger partial charge in [0, 0.05) is 12.1 Å². The molecule has 1 aromatic heterocycles. The van der Waals surface area contributed by atoms with Crippen molar-refractivity contribution in [2.45, 2.75) is 19.6 Å². The van der Waals surface area contributed by atoms with Crippen molar-refractivity contribution >= 4 is 11.6 Å². The van der Waals surface area contributed by atoms with E-state index in [2.05, 4.69) is 4.98 Å². The van der Waals surface area contributed by atoms with Crippen LogP contribution in [0.2, 0.25) is 5.02 Å². The lowest BCUT2D eigenvalue weighted by atomic mass is 10.1. The number of rotatable bonds is 4. The van der Waals surface area contributed by atoms with Crippen LogP contribution in [-0.2, 0) is 12.7 Å². The summed E-state index contributed by atoms with van der Waals surface area (Å²) in [4.78, 5) is 16.1. The number of ether oxygens (including phenoxy) is 1. The van der Waals surface area contributed by atoms with Crippen molar-refractivity contribution in [3.8, 4) is 17.1 Å². The quantitative estimate of drug-likeness (QED) is 0.613. The first-order chi connectivity index (χ1) is 13.2. The van der Waals surface area contributed by atoms with Gasteiger partial charge >= 0.3 is 11.7 Å². The average molecular weight is 409 g/mol. The van der Waals surface area contributed by atoms with Gasteiger partial charge < -0.3 is 9.30 Å². The molecule has 0 bridgehead atoms. The summed E-state index contributed by atoms with van der Waals surface area (Å²) in [5.74, 6) is 0.0166. The molecule has 0 aliphatic rings. The lowest BCUT2D eigenvalue weighted by molar-refractivity contribution is -0.137. The van der Waals surface area contributed by atoms with E-state index in [1.807, 2.05) is 31.2 Å². The molecule has 0 radical (unpaired) electrons. The van der Waals surface area contributed by atoms with Crippen molar-refractivity contribution in [2.24, 2.45) is 0 Å². The fraction of sp³-hybridized carbons (Fsp3) is 0.200. The highest BCUT2D eigenvalue weighted by atomic mass is 35.5. The number of benzene rings is 2. The molecule has 0 aliphatic heterocycles. The molecule has 0 atom stereocenters. The van der Waals surface area contributed by atoms with E-state index >= 15 is 0 Å². The highest BCUT2D eigenvalue weighted by Crippen LogP contribution is 2.39. The largest absolute Gasteiger partial charge is 0.490 e. The van der Waals surface area contributed by atoms with E-state index in [1.165, 1.54) is 25.4 Å². The standard InChI is InChI=1S/C20H16ClF3N2O2/c1-12-5-3-6-13(9-12)10-26-11-16(28-2)19(27)25-18(26)14-7-4-8-15(17(14)21)20(22,23)24/h3-9,11H,10H2,1-2H3. The molecule has 0 unspecified atom stereocenters. The maximum absolute atomic E-state index is 13.2. The maximum atomic E-state index is 13.2. The minimum absolute atomic E-state index is 0.0144. The molecular formula is C20H16ClF3N2O2. The normalized spacial score (nSPS) is 11.5. The van der Waals surface area contributed by atoms with Crippen LogP contribution in [0.15, 0.2) is 53.5 Å². The molecule has 0 fully saturated rings. The maximum Gasteiger partial charge on any atom is 0.417 e. The molecule has 0 saturated heterocycles. The minimum atomic E-state index is -4.62. The number of nitrogens with zero attached hydrogens (tertiary/aromatic N) is 2. The van der Waals surface area contributed by atoms with Crippen molar-refractivity contribution in [3.63, 3.8) is 0 Å². The van der Waals surface area contributed by atoms with E-state index in [4.69, 9.17) is 16.3 Å². The highest BCUT2D eigenvalue weighted by Gasteiger charge is 2.34. The molecule has 0 amide bonds. The van der Waals surface area contributed by atoms with Crippen LogP contribution in [0.25, 0.3) is 11.4 Å². The van der Waals surface area contributed by atoms with Crippen LogP contribution in [-0.4, -0.2) is 16.7 Å². The Labute approximate surface area is 164 Å². The van der Waals surface area contributed by atoms with Crippen molar-refractivity contribution in [2.75, 3.05) is 7.11 Å². The van der Waals surface area contributed by atoms with Gasteiger partial charge in [-0.2, -0.15) is 18.2 Å². The van der Waals surface area contributed by atoms with Gasteiger partial charge in [-0.3, -0.25) is 4.79 Å². The summed E-state index contributed by atoms with van der Waals surface area (Å²) in [6.07, 6.45) is -3.20. The number of aromatic nitrogens is 2. The van der Waals surface area contributed by atoms with Crippen molar-refractivity contribution in [1.82, 2.24) is 9.55 Å². The minimum Gasteiger partial charge on any atom is -0.490 e. The van der Waals surface area contributed by atoms with Crippen molar-refractivity contribution in [1.29, 1.82) is 0 Å². The number of aryl methyl sites for hydroxylation is 1. The number of hydrogen-bond acceptors (Lipinski definition) is 3. The molecule has 8 heteroatoms. The van der Waals surface area contributed by atoms with Crippen molar-refractivity contribution < 1.29 is 17.9 Å². The van der Waals surface area contributed by atoms with E-state index in [9.17, 15) is 18.0 Å². The first-order valence-electron chi connectivity index (χ1n) is 8.28. The van der Waals surface area contributed by atoms with Gasteiger partial charge in [-0.05, 0) is 24.6 Å². The fourth-order valence-electron chi connectivity index (χ4n) is 2.88. The predicted molar refractivity (Wildman–Crippen MR) is 101 cm³/mol. The van der Waals surface area contributed by atoms with Crippen molar-refractivity contribution in [3.05, 3.63) is 80.7 Å². The van der Waals surface area contributed by atoms with E-state index in [-0.39, 0.29) is 23.7 Å². The van der Waals surface area contributed by atoms with E-state index in [0.29, 0.717) is 0 Å². The second-order valence-corrected chi connectivity index (χ2v) is 6.60. The molecule has 1 heterocycles. The monoisotopic (exact) mass is 408 g/mol. The molecule has 0 saturated carbocycles. The Morgan fingerprint density at radius 1 is 1.18 bits per heavy atom. The summed E-state index contributed by atoms with van der Waals surface area (Å²) in [5, 5.41) is -0.509. The zero-order valence-electron chi connectivity index (χ0n) is 15.0. The lowest BCUT2D eigenvalue weighted by Crippen LogP contribution is -2.18. The zero-order valence-corrected chi connectivity index (χ0v) is 15.8. The number of hydrogen-bond donors (Lipinski definition) is 0. The molecule has 0 spiro atoms. The van der Waals surface area contributed by atoms with Crippen LogP contribution >= 0.6 is 11.6 Å². The third-order valence-electron chi connectivity index (χ3n) is 4.16. The van der Waals surface area contributed by atoms with Gasteiger partial charge in [0.15, 0.2) is 0 Å². The topological polar surface area (TPSA) is 44.1 Å². The zero-order chi connectivity index (χ0) is 20.5. The van der Waals surface area contributed by atoms with E-state index < -0.39 is 22.3 Å². The summed E-state index contributed by atoms with van der Waals surface area (Å²) < 4.78 is 46.3. The SMILES string of the molecule is COc1cn(Cc2cccc(C)c2)c(-c2cccc(C(F)(F)F)c2Cl)nc1=O. The summed E-state index contributed by atoms with van der Waals surface area (Å²) in [5.41, 5.74) is 0.253. The van der Waals surface area contributed by atoms with E-state index in [0.717, 1.165) is 17.2 Å². The van der Waals surface area contributed by atoms with Crippen LogP contribution in [0, 0.1) is 6.92 Å². The molecule has 0 N–H and O–H groups in total. The van der Waals surface area contributed by atoms with Crippen LogP contribution in [0.3, 0.4) is 0 Å². The Hall–Kier alpha value is -2.80. The van der Waals surface area contributed by atoms with Crippen LogP contribution in [0.4, 0.5) is 13.2 Å². The Morgan fingerprint density at radius 2 is 1.89 bits per heavy atom. The van der Waals surface area contributed by atoms with Crippen LogP contribution in [0.1, 0.15) is 16.7 Å². The van der Waals surface area contributed by atoms with Crippen LogP contribution < -0.4 is 10.3 Å². The Bertz CT molecular complexity index is 1080. The first kappa shape index (κ1) is 19.9. The second-order valence-electron chi connectivity index (χ2n) is 6.22. The Morgan fingerprint density at radius 3 is 2.54 bits per heavy atom. The highest BCUT2D eigenvalue weighted by molar-refractivity contribution is 6.34. The Kier molecular flexibility index (Phi) is 5.47. The lowest BCUT2D eigenvalue weighted by Gasteiger charge is -2.17. The molecule has 3 aromatic rings. The molecular weight excluding hydrogens is 393 g/mol. The van der Waals surface area contributed by atoms with Gasteiger partial charge in [0.25, 0.3) is 0 Å². The molecule has 0 aliphatic carbocycles. The van der Waals surface area contributed by atoms with Gasteiger partial charge in [0.2, 0.25) is 5.75 Å². The third-order valence-corrected chi connectivity index (χ3v) is 4.57. The number of methoxy groups -OCH3 is 1. The average Bonchev–Trinajstić information content (AvgIpc) is 2.62. The molecule has 3 rings (SSSR count). The summed E-state index contributed by atoms with van der Waals surface area (Å²) in [6, 6.07) is 11.1. The first-order valence-corrected chi connectivity index (χ1v) is 8.65. The van der Waals surface area contributed by atoms with E-state index in [1.54, 1.807) is 4.57 Å². The van der Waals surface area contributed by atoms with Gasteiger partial charge in [0.1, 0.15) is 5.82 Å². The summed E-state index contributed by atoms with van der Waals surface area (Å²) in [6.45, 7) is 2.20.